The van der Waals surface area contributed by atoms with E-state index in [-0.39, 0.29) is 12.7 Å². The van der Waals surface area contributed by atoms with Crippen molar-refractivity contribution in [2.75, 3.05) is 34.0 Å². The van der Waals surface area contributed by atoms with Crippen LogP contribution in [0.15, 0.2) is 48.5 Å². The predicted octanol–water partition coefficient (Wildman–Crippen LogP) is 3.67. The van der Waals surface area contributed by atoms with Gasteiger partial charge in [0.15, 0.2) is 11.5 Å². The Morgan fingerprint density at radius 1 is 1.07 bits per heavy atom. The van der Waals surface area contributed by atoms with Crippen molar-refractivity contribution >= 4 is 23.6 Å². The number of nitrogens with zero attached hydrogens (tertiary/aromatic N) is 2. The quantitative estimate of drug-likeness (QED) is 0.681. The van der Waals surface area contributed by atoms with Crippen molar-refractivity contribution in [3.05, 3.63) is 64.7 Å². The molecule has 6 heteroatoms. The molecule has 0 aromatic heterocycles. The van der Waals surface area contributed by atoms with Crippen molar-refractivity contribution in [3.63, 3.8) is 0 Å². The second-order valence-corrected chi connectivity index (χ2v) is 7.07. The summed E-state index contributed by atoms with van der Waals surface area (Å²) in [5, 5.41) is 0.688. The molecule has 0 saturated heterocycles. The van der Waals surface area contributed by atoms with Crippen molar-refractivity contribution in [1.29, 1.82) is 0 Å². The van der Waals surface area contributed by atoms with Crippen LogP contribution in [0.2, 0.25) is 5.02 Å². The van der Waals surface area contributed by atoms with Gasteiger partial charge in [0.1, 0.15) is 0 Å². The fourth-order valence-corrected chi connectivity index (χ4v) is 2.81. The predicted molar refractivity (Wildman–Crippen MR) is 107 cm³/mol. The van der Waals surface area contributed by atoms with Gasteiger partial charge in [-0.1, -0.05) is 29.8 Å². The second kappa shape index (κ2) is 8.93. The summed E-state index contributed by atoms with van der Waals surface area (Å²) in [4.78, 5) is 16.7. The SMILES string of the molecule is CN(C)CCN(Cc1ccc(Cl)cc1)C(=O)/C=C\c1ccc2c(c1)OCO2. The van der Waals surface area contributed by atoms with E-state index in [1.807, 2.05) is 61.5 Å². The molecule has 0 aliphatic carbocycles. The van der Waals surface area contributed by atoms with Crippen molar-refractivity contribution < 1.29 is 14.3 Å². The lowest BCUT2D eigenvalue weighted by molar-refractivity contribution is -0.126. The van der Waals surface area contributed by atoms with E-state index in [2.05, 4.69) is 4.90 Å². The van der Waals surface area contributed by atoms with Crippen LogP contribution in [-0.4, -0.2) is 49.7 Å². The number of rotatable bonds is 7. The average molecular weight is 387 g/mol. The van der Waals surface area contributed by atoms with Gasteiger partial charge in [0, 0.05) is 30.7 Å². The molecule has 1 amide bonds. The molecule has 1 heterocycles. The first-order valence-electron chi connectivity index (χ1n) is 8.77. The number of benzene rings is 2. The summed E-state index contributed by atoms with van der Waals surface area (Å²) in [7, 11) is 3.99. The largest absolute Gasteiger partial charge is 0.454 e. The van der Waals surface area contributed by atoms with Crippen LogP contribution in [0.1, 0.15) is 11.1 Å². The van der Waals surface area contributed by atoms with Crippen LogP contribution in [0, 0.1) is 0 Å². The maximum Gasteiger partial charge on any atom is 0.246 e. The van der Waals surface area contributed by atoms with Gasteiger partial charge < -0.3 is 19.3 Å². The number of fused-ring (bicyclic) bond motifs is 1. The maximum atomic E-state index is 12.8. The Kier molecular flexibility index (Phi) is 6.37. The van der Waals surface area contributed by atoms with Crippen LogP contribution >= 0.6 is 11.6 Å². The summed E-state index contributed by atoms with van der Waals surface area (Å²) in [6.07, 6.45) is 3.40. The molecule has 1 aliphatic rings. The first-order chi connectivity index (χ1) is 13.0. The first-order valence-corrected chi connectivity index (χ1v) is 9.15. The average Bonchev–Trinajstić information content (AvgIpc) is 3.12. The molecule has 3 rings (SSSR count). The summed E-state index contributed by atoms with van der Waals surface area (Å²) in [5.74, 6) is 1.40. The summed E-state index contributed by atoms with van der Waals surface area (Å²) in [5.41, 5.74) is 1.94. The highest BCUT2D eigenvalue weighted by molar-refractivity contribution is 6.30. The Hall–Kier alpha value is -2.50. The molecular weight excluding hydrogens is 364 g/mol. The molecule has 0 fully saturated rings. The van der Waals surface area contributed by atoms with Crippen LogP contribution in [0.5, 0.6) is 11.5 Å². The standard InChI is InChI=1S/C21H23ClN2O3/c1-23(2)11-12-24(14-17-3-7-18(22)8-4-17)21(25)10-6-16-5-9-19-20(13-16)27-15-26-19/h3-10,13H,11-12,14-15H2,1-2H3/b10-6-. The van der Waals surface area contributed by atoms with Gasteiger partial charge in [-0.2, -0.15) is 0 Å². The molecular formula is C21H23ClN2O3. The van der Waals surface area contributed by atoms with Crippen LogP contribution in [0.3, 0.4) is 0 Å². The minimum Gasteiger partial charge on any atom is -0.454 e. The smallest absolute Gasteiger partial charge is 0.246 e. The van der Waals surface area contributed by atoms with Gasteiger partial charge in [-0.05, 0) is 55.6 Å². The van der Waals surface area contributed by atoms with Crippen molar-refractivity contribution in [2.24, 2.45) is 0 Å². The van der Waals surface area contributed by atoms with Crippen LogP contribution in [-0.2, 0) is 11.3 Å². The molecule has 2 aromatic carbocycles. The van der Waals surface area contributed by atoms with E-state index in [4.69, 9.17) is 21.1 Å². The number of likely N-dealkylation sites (N-methyl/N-ethyl adjacent to an activating group) is 1. The number of hydrogen-bond acceptors (Lipinski definition) is 4. The van der Waals surface area contributed by atoms with Crippen molar-refractivity contribution in [3.8, 4) is 11.5 Å². The van der Waals surface area contributed by atoms with E-state index >= 15 is 0 Å². The van der Waals surface area contributed by atoms with E-state index in [9.17, 15) is 4.79 Å². The molecule has 0 radical (unpaired) electrons. The fourth-order valence-electron chi connectivity index (χ4n) is 2.69. The number of amides is 1. The number of ether oxygens (including phenoxy) is 2. The Morgan fingerprint density at radius 3 is 2.56 bits per heavy atom. The lowest BCUT2D eigenvalue weighted by atomic mass is 10.1. The summed E-state index contributed by atoms with van der Waals surface area (Å²) in [6.45, 7) is 2.20. The Labute approximate surface area is 164 Å². The van der Waals surface area contributed by atoms with Crippen molar-refractivity contribution in [1.82, 2.24) is 9.80 Å². The van der Waals surface area contributed by atoms with Gasteiger partial charge in [-0.15, -0.1) is 0 Å². The van der Waals surface area contributed by atoms with E-state index in [1.54, 1.807) is 12.2 Å². The monoisotopic (exact) mass is 386 g/mol. The van der Waals surface area contributed by atoms with Gasteiger partial charge >= 0.3 is 0 Å². The van der Waals surface area contributed by atoms with E-state index in [0.29, 0.717) is 23.9 Å². The Bertz CT molecular complexity index is 819. The summed E-state index contributed by atoms with van der Waals surface area (Å²) < 4.78 is 10.7. The maximum absolute atomic E-state index is 12.8. The van der Waals surface area contributed by atoms with E-state index in [1.165, 1.54) is 0 Å². The molecule has 0 spiro atoms. The third-order valence-electron chi connectivity index (χ3n) is 4.23. The van der Waals surface area contributed by atoms with Crippen molar-refractivity contribution in [2.45, 2.75) is 6.54 Å². The zero-order valence-corrected chi connectivity index (χ0v) is 16.3. The minimum absolute atomic E-state index is 0.0375. The van der Waals surface area contributed by atoms with Crippen LogP contribution in [0.4, 0.5) is 0 Å². The normalized spacial score (nSPS) is 12.7. The Balaban J connectivity index is 1.70. The molecule has 0 atom stereocenters. The highest BCUT2D eigenvalue weighted by atomic mass is 35.5. The molecule has 5 nitrogen and oxygen atoms in total. The summed E-state index contributed by atoms with van der Waals surface area (Å²) >= 11 is 5.95. The highest BCUT2D eigenvalue weighted by Crippen LogP contribution is 2.32. The molecule has 27 heavy (non-hydrogen) atoms. The molecule has 0 unspecified atom stereocenters. The molecule has 2 aromatic rings. The molecule has 0 N–H and O–H groups in total. The van der Waals surface area contributed by atoms with E-state index < -0.39 is 0 Å². The topological polar surface area (TPSA) is 42.0 Å². The zero-order chi connectivity index (χ0) is 19.2. The van der Waals surface area contributed by atoms with Gasteiger partial charge in [0.25, 0.3) is 0 Å². The molecule has 1 aliphatic heterocycles. The molecule has 0 saturated carbocycles. The number of halogens is 1. The second-order valence-electron chi connectivity index (χ2n) is 6.64. The third-order valence-corrected chi connectivity index (χ3v) is 4.48. The highest BCUT2D eigenvalue weighted by Gasteiger charge is 2.14. The lowest BCUT2D eigenvalue weighted by Crippen LogP contribution is -2.35. The number of carbonyl (C=O) groups excluding carboxylic acids is 1. The molecule has 142 valence electrons. The lowest BCUT2D eigenvalue weighted by Gasteiger charge is -2.23. The zero-order valence-electron chi connectivity index (χ0n) is 15.5. The van der Waals surface area contributed by atoms with Gasteiger partial charge in [-0.3, -0.25) is 4.79 Å². The fraction of sp³-hybridized carbons (Fsp3) is 0.286. The number of hydrogen-bond donors (Lipinski definition) is 0. The Morgan fingerprint density at radius 2 is 1.81 bits per heavy atom. The van der Waals surface area contributed by atoms with E-state index in [0.717, 1.165) is 23.4 Å². The van der Waals surface area contributed by atoms with Gasteiger partial charge in [0.05, 0.1) is 0 Å². The minimum atomic E-state index is -0.0375. The van der Waals surface area contributed by atoms with Crippen LogP contribution < -0.4 is 9.47 Å². The molecule has 0 bridgehead atoms. The third kappa shape index (κ3) is 5.49. The summed E-state index contributed by atoms with van der Waals surface area (Å²) in [6, 6.07) is 13.2. The van der Waals surface area contributed by atoms with Gasteiger partial charge in [-0.25, -0.2) is 0 Å². The first kappa shape index (κ1) is 19.3. The van der Waals surface area contributed by atoms with Gasteiger partial charge in [0.2, 0.25) is 12.7 Å². The number of carbonyl (C=O) groups is 1. The van der Waals surface area contributed by atoms with Crippen LogP contribution in [0.25, 0.3) is 6.08 Å².